The lowest BCUT2D eigenvalue weighted by Crippen LogP contribution is -2.32. The highest BCUT2D eigenvalue weighted by molar-refractivity contribution is 5.21. The number of hydrogen-bond acceptors (Lipinski definition) is 0. The van der Waals surface area contributed by atoms with Crippen LogP contribution in [0.4, 0.5) is 0 Å². The van der Waals surface area contributed by atoms with Gasteiger partial charge in [0, 0.05) is 17.7 Å². The quantitative estimate of drug-likeness (QED) is 0.667. The summed E-state index contributed by atoms with van der Waals surface area (Å²) in [6.07, 6.45) is 5.29. The first-order chi connectivity index (χ1) is 7.38. The highest BCUT2D eigenvalue weighted by Crippen LogP contribution is 2.04. The Morgan fingerprint density at radius 1 is 0.867 bits per heavy atom. The molecule has 1 heteroatoms. The molecule has 2 rings (SSSR count). The van der Waals surface area contributed by atoms with Crippen molar-refractivity contribution in [2.24, 2.45) is 0 Å². The number of hydrogen-bond donors (Lipinski definition) is 0. The second kappa shape index (κ2) is 4.74. The number of aromatic nitrogens is 1. The van der Waals surface area contributed by atoms with Crippen LogP contribution in [0.2, 0.25) is 0 Å². The molecule has 0 amide bonds. The van der Waals surface area contributed by atoms with Crippen molar-refractivity contribution in [2.45, 2.75) is 19.9 Å². The van der Waals surface area contributed by atoms with Crippen LogP contribution >= 0.6 is 0 Å². The molecular weight excluding hydrogens is 182 g/mol. The molecule has 0 aliphatic heterocycles. The molecule has 0 saturated carbocycles. The van der Waals surface area contributed by atoms with Gasteiger partial charge in [-0.15, -0.1) is 0 Å². The molecule has 1 aromatic carbocycles. The van der Waals surface area contributed by atoms with Crippen molar-refractivity contribution in [2.75, 3.05) is 0 Å². The molecule has 0 radical (unpaired) electrons. The Hall–Kier alpha value is -1.63. The van der Waals surface area contributed by atoms with Crippen LogP contribution in [0.3, 0.4) is 0 Å². The molecule has 0 aliphatic carbocycles. The monoisotopic (exact) mass is 198 g/mol. The average Bonchev–Trinajstić information content (AvgIpc) is 2.31. The largest absolute Gasteiger partial charge is 0.201 e. The van der Waals surface area contributed by atoms with Crippen LogP contribution in [0.5, 0.6) is 0 Å². The number of benzene rings is 1. The van der Waals surface area contributed by atoms with Gasteiger partial charge in [0.1, 0.15) is 0 Å². The van der Waals surface area contributed by atoms with Crippen molar-refractivity contribution >= 4 is 0 Å². The predicted molar refractivity (Wildman–Crippen MR) is 61.6 cm³/mol. The van der Waals surface area contributed by atoms with Gasteiger partial charge < -0.3 is 0 Å². The van der Waals surface area contributed by atoms with E-state index in [2.05, 4.69) is 60.3 Å². The van der Waals surface area contributed by atoms with Crippen LogP contribution in [0.15, 0.2) is 54.9 Å². The minimum Gasteiger partial charge on any atom is -0.201 e. The first-order valence-corrected chi connectivity index (χ1v) is 5.40. The van der Waals surface area contributed by atoms with Crippen LogP contribution in [0, 0.1) is 0 Å². The van der Waals surface area contributed by atoms with Crippen LogP contribution in [-0.2, 0) is 13.0 Å². The minimum absolute atomic E-state index is 0.949. The van der Waals surface area contributed by atoms with Gasteiger partial charge in [0.05, 0.1) is 0 Å². The van der Waals surface area contributed by atoms with E-state index in [1.54, 1.807) is 0 Å². The van der Waals surface area contributed by atoms with Crippen molar-refractivity contribution in [3.8, 4) is 0 Å². The number of aryl methyl sites for hydroxylation is 1. The van der Waals surface area contributed by atoms with E-state index in [0.29, 0.717) is 0 Å². The lowest BCUT2D eigenvalue weighted by atomic mass is 10.1. The third-order valence-corrected chi connectivity index (χ3v) is 2.57. The van der Waals surface area contributed by atoms with E-state index in [4.69, 9.17) is 0 Å². The Bertz CT molecular complexity index is 403. The molecule has 0 atom stereocenters. The van der Waals surface area contributed by atoms with E-state index in [9.17, 15) is 0 Å². The predicted octanol–water partition coefficient (Wildman–Crippen LogP) is 2.58. The molecule has 0 saturated heterocycles. The van der Waals surface area contributed by atoms with Gasteiger partial charge >= 0.3 is 0 Å². The topological polar surface area (TPSA) is 3.88 Å². The molecule has 0 bridgehead atoms. The number of rotatable bonds is 3. The molecule has 15 heavy (non-hydrogen) atoms. The lowest BCUT2D eigenvalue weighted by Gasteiger charge is -1.99. The van der Waals surface area contributed by atoms with E-state index in [0.717, 1.165) is 13.0 Å². The van der Waals surface area contributed by atoms with Gasteiger partial charge in [-0.05, 0) is 12.0 Å². The fourth-order valence-corrected chi connectivity index (χ4v) is 1.63. The van der Waals surface area contributed by atoms with Crippen molar-refractivity contribution in [1.82, 2.24) is 0 Å². The third-order valence-electron chi connectivity index (χ3n) is 2.57. The molecule has 76 valence electrons. The van der Waals surface area contributed by atoms with Gasteiger partial charge in [0.15, 0.2) is 18.9 Å². The zero-order chi connectivity index (χ0) is 10.5. The highest BCUT2D eigenvalue weighted by Gasteiger charge is 2.00. The standard InChI is InChI=1S/C14H16N/c1-2-13-6-8-14(9-7-13)12-15-10-4-3-5-11-15/h3-11H,2,12H2,1H3/q+1. The fraction of sp³-hybridized carbons (Fsp3) is 0.214. The summed E-state index contributed by atoms with van der Waals surface area (Å²) in [4.78, 5) is 0. The molecule has 2 aromatic rings. The second-order valence-corrected chi connectivity index (χ2v) is 3.72. The Kier molecular flexibility index (Phi) is 3.13. The first kappa shape index (κ1) is 9.91. The van der Waals surface area contributed by atoms with Gasteiger partial charge in [-0.1, -0.05) is 37.3 Å². The van der Waals surface area contributed by atoms with Crippen molar-refractivity contribution in [3.05, 3.63) is 66.0 Å². The smallest absolute Gasteiger partial charge is 0.173 e. The molecule has 0 unspecified atom stereocenters. The summed E-state index contributed by atoms with van der Waals surface area (Å²) in [6.45, 7) is 3.13. The molecular formula is C14H16N+. The van der Waals surface area contributed by atoms with Crippen molar-refractivity contribution in [3.63, 3.8) is 0 Å². The number of nitrogens with zero attached hydrogens (tertiary/aromatic N) is 1. The Balaban J connectivity index is 2.11. The number of pyridine rings is 1. The normalized spacial score (nSPS) is 10.2. The lowest BCUT2D eigenvalue weighted by molar-refractivity contribution is -0.688. The highest BCUT2D eigenvalue weighted by atomic mass is 14.9. The Morgan fingerprint density at radius 3 is 2.07 bits per heavy atom. The van der Waals surface area contributed by atoms with Crippen molar-refractivity contribution in [1.29, 1.82) is 0 Å². The maximum Gasteiger partial charge on any atom is 0.173 e. The van der Waals surface area contributed by atoms with E-state index >= 15 is 0 Å². The fourth-order valence-electron chi connectivity index (χ4n) is 1.63. The van der Waals surface area contributed by atoms with Gasteiger partial charge in [-0.3, -0.25) is 0 Å². The maximum absolute atomic E-state index is 2.21. The van der Waals surface area contributed by atoms with Gasteiger partial charge in [0.2, 0.25) is 0 Å². The summed E-state index contributed by atoms with van der Waals surface area (Å²) >= 11 is 0. The zero-order valence-corrected chi connectivity index (χ0v) is 9.06. The van der Waals surface area contributed by atoms with Crippen LogP contribution in [-0.4, -0.2) is 0 Å². The summed E-state index contributed by atoms with van der Waals surface area (Å²) < 4.78 is 2.18. The molecule has 0 spiro atoms. The van der Waals surface area contributed by atoms with Crippen LogP contribution < -0.4 is 4.57 Å². The maximum atomic E-state index is 2.21. The van der Waals surface area contributed by atoms with Crippen molar-refractivity contribution < 1.29 is 4.57 Å². The SMILES string of the molecule is CCc1ccc(C[n+]2ccccc2)cc1. The Morgan fingerprint density at radius 2 is 1.47 bits per heavy atom. The van der Waals surface area contributed by atoms with E-state index in [-0.39, 0.29) is 0 Å². The minimum atomic E-state index is 0.949. The molecule has 1 nitrogen and oxygen atoms in total. The first-order valence-electron chi connectivity index (χ1n) is 5.40. The summed E-state index contributed by atoms with van der Waals surface area (Å²) in [5, 5.41) is 0. The third kappa shape index (κ3) is 2.66. The average molecular weight is 198 g/mol. The summed E-state index contributed by atoms with van der Waals surface area (Å²) in [5.41, 5.74) is 2.75. The van der Waals surface area contributed by atoms with Gasteiger partial charge in [-0.25, -0.2) is 4.57 Å². The Labute approximate surface area is 91.0 Å². The van der Waals surface area contributed by atoms with Crippen LogP contribution in [0.25, 0.3) is 0 Å². The summed E-state index contributed by atoms with van der Waals surface area (Å²) in [7, 11) is 0. The van der Waals surface area contributed by atoms with Gasteiger partial charge in [-0.2, -0.15) is 0 Å². The molecule has 1 aromatic heterocycles. The zero-order valence-electron chi connectivity index (χ0n) is 9.06. The summed E-state index contributed by atoms with van der Waals surface area (Å²) in [6, 6.07) is 15.0. The molecule has 0 aliphatic rings. The van der Waals surface area contributed by atoms with E-state index < -0.39 is 0 Å². The molecule has 1 heterocycles. The van der Waals surface area contributed by atoms with E-state index in [1.165, 1.54) is 11.1 Å². The van der Waals surface area contributed by atoms with Crippen LogP contribution in [0.1, 0.15) is 18.1 Å². The van der Waals surface area contributed by atoms with Gasteiger partial charge in [0.25, 0.3) is 0 Å². The molecule has 0 fully saturated rings. The molecule has 0 N–H and O–H groups in total. The summed E-state index contributed by atoms with van der Waals surface area (Å²) in [5.74, 6) is 0. The van der Waals surface area contributed by atoms with E-state index in [1.807, 2.05) is 6.07 Å². The second-order valence-electron chi connectivity index (χ2n) is 3.72.